The van der Waals surface area contributed by atoms with Crippen molar-refractivity contribution in [2.75, 3.05) is 18.6 Å². The van der Waals surface area contributed by atoms with E-state index >= 15 is 0 Å². The lowest BCUT2D eigenvalue weighted by Gasteiger charge is -2.25. The number of carbonyl (C=O) groups is 1. The van der Waals surface area contributed by atoms with Crippen molar-refractivity contribution in [1.82, 2.24) is 9.97 Å². The largest absolute Gasteiger partial charge is 0.480 e. The maximum absolute atomic E-state index is 11.6. The molecule has 6 nitrogen and oxygen atoms in total. The highest BCUT2D eigenvalue weighted by Crippen LogP contribution is 2.43. The first kappa shape index (κ1) is 12.2. The summed E-state index contributed by atoms with van der Waals surface area (Å²) >= 11 is 0. The Morgan fingerprint density at radius 2 is 2.32 bits per heavy atom. The summed E-state index contributed by atoms with van der Waals surface area (Å²) in [5.41, 5.74) is 0. The number of aromatic nitrogens is 2. The Morgan fingerprint density at radius 1 is 1.47 bits per heavy atom. The molecule has 0 amide bonds. The highest BCUT2D eigenvalue weighted by Gasteiger charge is 2.48. The molecule has 2 fully saturated rings. The van der Waals surface area contributed by atoms with Crippen molar-refractivity contribution in [1.29, 1.82) is 0 Å². The van der Waals surface area contributed by atoms with E-state index in [1.165, 1.54) is 13.3 Å². The Labute approximate surface area is 111 Å². The number of aliphatic carboxylic acids is 1. The third-order valence-corrected chi connectivity index (χ3v) is 4.25. The zero-order valence-corrected chi connectivity index (χ0v) is 10.8. The Kier molecular flexibility index (Phi) is 3.00. The summed E-state index contributed by atoms with van der Waals surface area (Å²) in [4.78, 5) is 21.8. The van der Waals surface area contributed by atoms with Crippen molar-refractivity contribution < 1.29 is 14.6 Å². The highest BCUT2D eigenvalue weighted by atomic mass is 16.5. The second-order valence-electron chi connectivity index (χ2n) is 5.21. The average Bonchev–Trinajstić information content (AvgIpc) is 2.98. The summed E-state index contributed by atoms with van der Waals surface area (Å²) in [6.07, 6.45) is 6.38. The molecule has 0 aromatic carbocycles. The van der Waals surface area contributed by atoms with E-state index in [0.29, 0.717) is 17.6 Å². The molecule has 1 aromatic rings. The maximum atomic E-state index is 11.6. The number of rotatable bonds is 3. The SMILES string of the molecule is COc1cncc(N2CC3CCCC3C2C(=O)O)n1. The number of anilines is 1. The van der Waals surface area contributed by atoms with E-state index in [4.69, 9.17) is 4.74 Å². The van der Waals surface area contributed by atoms with Gasteiger partial charge in [-0.2, -0.15) is 4.98 Å². The van der Waals surface area contributed by atoms with E-state index in [-0.39, 0.29) is 5.92 Å². The molecule has 19 heavy (non-hydrogen) atoms. The Hall–Kier alpha value is -1.85. The number of hydrogen-bond acceptors (Lipinski definition) is 5. The second kappa shape index (κ2) is 4.68. The predicted molar refractivity (Wildman–Crippen MR) is 68.2 cm³/mol. The van der Waals surface area contributed by atoms with Gasteiger partial charge in [0.05, 0.1) is 19.5 Å². The Bertz CT molecular complexity index is 494. The van der Waals surface area contributed by atoms with E-state index in [9.17, 15) is 9.90 Å². The van der Waals surface area contributed by atoms with Gasteiger partial charge in [-0.15, -0.1) is 0 Å². The Morgan fingerprint density at radius 3 is 3.05 bits per heavy atom. The molecule has 3 rings (SSSR count). The number of carboxylic acid groups (broad SMARTS) is 1. The Balaban J connectivity index is 1.92. The molecule has 2 heterocycles. The molecule has 102 valence electrons. The van der Waals surface area contributed by atoms with Crippen LogP contribution in [0.5, 0.6) is 5.88 Å². The van der Waals surface area contributed by atoms with Gasteiger partial charge < -0.3 is 14.7 Å². The van der Waals surface area contributed by atoms with Crippen molar-refractivity contribution >= 4 is 11.8 Å². The fraction of sp³-hybridized carbons (Fsp3) is 0.615. The van der Waals surface area contributed by atoms with Gasteiger partial charge in [-0.05, 0) is 24.7 Å². The molecule has 1 saturated heterocycles. The number of ether oxygens (including phenoxy) is 1. The van der Waals surface area contributed by atoms with Gasteiger partial charge in [-0.25, -0.2) is 4.79 Å². The lowest BCUT2D eigenvalue weighted by molar-refractivity contribution is -0.139. The molecule has 3 unspecified atom stereocenters. The van der Waals surface area contributed by atoms with E-state index < -0.39 is 12.0 Å². The zero-order chi connectivity index (χ0) is 13.4. The van der Waals surface area contributed by atoms with Crippen molar-refractivity contribution in [2.24, 2.45) is 11.8 Å². The summed E-state index contributed by atoms with van der Waals surface area (Å²) in [5, 5.41) is 9.50. The molecule has 0 bridgehead atoms. The van der Waals surface area contributed by atoms with Gasteiger partial charge in [0.1, 0.15) is 6.04 Å². The van der Waals surface area contributed by atoms with Crippen LogP contribution < -0.4 is 9.64 Å². The first-order valence-electron chi connectivity index (χ1n) is 6.56. The minimum Gasteiger partial charge on any atom is -0.480 e. The molecule has 0 spiro atoms. The molecule has 1 saturated carbocycles. The molecule has 3 atom stereocenters. The number of carboxylic acids is 1. The van der Waals surface area contributed by atoms with Crippen LogP contribution in [0, 0.1) is 11.8 Å². The van der Waals surface area contributed by atoms with E-state index in [1.807, 2.05) is 4.90 Å². The van der Waals surface area contributed by atoms with E-state index in [1.54, 1.807) is 6.20 Å². The van der Waals surface area contributed by atoms with Gasteiger partial charge in [0.15, 0.2) is 5.82 Å². The number of methoxy groups -OCH3 is 1. The van der Waals surface area contributed by atoms with Crippen molar-refractivity contribution in [2.45, 2.75) is 25.3 Å². The molecule has 1 N–H and O–H groups in total. The van der Waals surface area contributed by atoms with Gasteiger partial charge >= 0.3 is 5.97 Å². The minimum atomic E-state index is -0.765. The molecular formula is C13H17N3O3. The standard InChI is InChI=1S/C13H17N3O3/c1-19-11-6-14-5-10(15-11)16-7-8-3-2-4-9(8)12(16)13(17)18/h5-6,8-9,12H,2-4,7H2,1H3,(H,17,18). The quantitative estimate of drug-likeness (QED) is 0.882. The van der Waals surface area contributed by atoms with Gasteiger partial charge in [0.25, 0.3) is 0 Å². The van der Waals surface area contributed by atoms with Crippen molar-refractivity contribution in [3.05, 3.63) is 12.4 Å². The van der Waals surface area contributed by atoms with Crippen molar-refractivity contribution in [3.8, 4) is 5.88 Å². The molecule has 0 radical (unpaired) electrons. The van der Waals surface area contributed by atoms with E-state index in [0.717, 1.165) is 25.8 Å². The normalized spacial score (nSPS) is 29.3. The van der Waals surface area contributed by atoms with Crippen LogP contribution in [0.3, 0.4) is 0 Å². The van der Waals surface area contributed by atoms with Crippen LogP contribution >= 0.6 is 0 Å². The molecule has 6 heteroatoms. The number of nitrogens with zero attached hydrogens (tertiary/aromatic N) is 3. The molecule has 1 aliphatic heterocycles. The van der Waals surface area contributed by atoms with Crippen LogP contribution in [0.2, 0.25) is 0 Å². The summed E-state index contributed by atoms with van der Waals surface area (Å²) in [5.74, 6) is 0.957. The van der Waals surface area contributed by atoms with E-state index in [2.05, 4.69) is 9.97 Å². The van der Waals surface area contributed by atoms with Crippen LogP contribution in [0.4, 0.5) is 5.82 Å². The smallest absolute Gasteiger partial charge is 0.326 e. The summed E-state index contributed by atoms with van der Waals surface area (Å²) in [6, 6.07) is -0.478. The van der Waals surface area contributed by atoms with Crippen LogP contribution in [0.25, 0.3) is 0 Å². The molecular weight excluding hydrogens is 246 g/mol. The number of fused-ring (bicyclic) bond motifs is 1. The fourth-order valence-electron chi connectivity index (χ4n) is 3.43. The van der Waals surface area contributed by atoms with Crippen LogP contribution in [-0.2, 0) is 4.79 Å². The van der Waals surface area contributed by atoms with Crippen LogP contribution in [-0.4, -0.2) is 40.7 Å². The van der Waals surface area contributed by atoms with Crippen molar-refractivity contribution in [3.63, 3.8) is 0 Å². The fourth-order valence-corrected chi connectivity index (χ4v) is 3.43. The number of hydrogen-bond donors (Lipinski definition) is 1. The predicted octanol–water partition coefficient (Wildman–Crippen LogP) is 1.17. The molecule has 1 aromatic heterocycles. The highest BCUT2D eigenvalue weighted by molar-refractivity contribution is 5.79. The third kappa shape index (κ3) is 2.01. The van der Waals surface area contributed by atoms with Gasteiger partial charge in [0, 0.05) is 6.54 Å². The van der Waals surface area contributed by atoms with Gasteiger partial charge in [0.2, 0.25) is 5.88 Å². The summed E-state index contributed by atoms with van der Waals surface area (Å²) < 4.78 is 5.06. The average molecular weight is 263 g/mol. The van der Waals surface area contributed by atoms with Gasteiger partial charge in [-0.1, -0.05) is 6.42 Å². The topological polar surface area (TPSA) is 75.5 Å². The maximum Gasteiger partial charge on any atom is 0.326 e. The molecule has 2 aliphatic rings. The lowest BCUT2D eigenvalue weighted by atomic mass is 9.94. The lowest BCUT2D eigenvalue weighted by Crippen LogP contribution is -2.40. The zero-order valence-electron chi connectivity index (χ0n) is 10.8. The first-order chi connectivity index (χ1) is 9.20. The second-order valence-corrected chi connectivity index (χ2v) is 5.21. The summed E-state index contributed by atoms with van der Waals surface area (Å²) in [7, 11) is 1.53. The van der Waals surface area contributed by atoms with Gasteiger partial charge in [-0.3, -0.25) is 4.98 Å². The minimum absolute atomic E-state index is 0.241. The third-order valence-electron chi connectivity index (χ3n) is 4.25. The van der Waals surface area contributed by atoms with Crippen LogP contribution in [0.15, 0.2) is 12.4 Å². The molecule has 1 aliphatic carbocycles. The first-order valence-corrected chi connectivity index (χ1v) is 6.56. The van der Waals surface area contributed by atoms with Crippen LogP contribution in [0.1, 0.15) is 19.3 Å². The monoisotopic (exact) mass is 263 g/mol. The summed E-state index contributed by atoms with van der Waals surface area (Å²) in [6.45, 7) is 0.753.